The van der Waals surface area contributed by atoms with Crippen LogP contribution in [0.25, 0.3) is 0 Å². The molecule has 2 aromatic carbocycles. The molecule has 1 saturated carbocycles. The van der Waals surface area contributed by atoms with Crippen molar-refractivity contribution in [3.8, 4) is 5.75 Å². The third-order valence-corrected chi connectivity index (χ3v) is 7.02. The van der Waals surface area contributed by atoms with E-state index in [0.717, 1.165) is 49.4 Å². The lowest BCUT2D eigenvalue weighted by atomic mass is 9.80. The van der Waals surface area contributed by atoms with E-state index in [1.165, 1.54) is 0 Å². The molecule has 4 rings (SSSR count). The molecule has 2 aromatic rings. The Labute approximate surface area is 183 Å². The summed E-state index contributed by atoms with van der Waals surface area (Å²) < 4.78 is 5.21. The summed E-state index contributed by atoms with van der Waals surface area (Å²) in [5.41, 5.74) is 0.819. The van der Waals surface area contributed by atoms with E-state index in [9.17, 15) is 14.7 Å². The molecule has 0 unspecified atom stereocenters. The number of ether oxygens (including phenoxy) is 1. The maximum absolute atomic E-state index is 12.2. The van der Waals surface area contributed by atoms with Gasteiger partial charge >= 0.3 is 5.97 Å². The third kappa shape index (κ3) is 4.04. The average molecular weight is 423 g/mol. The van der Waals surface area contributed by atoms with Crippen molar-refractivity contribution in [2.75, 3.05) is 26.7 Å². The molecule has 0 bridgehead atoms. The smallest absolute Gasteiger partial charge is 0.314 e. The van der Waals surface area contributed by atoms with E-state index in [-0.39, 0.29) is 17.4 Å². The van der Waals surface area contributed by atoms with Crippen LogP contribution in [0.3, 0.4) is 0 Å². The number of carboxylic acids is 1. The minimum atomic E-state index is -0.808. The molecule has 164 valence electrons. The van der Waals surface area contributed by atoms with Crippen molar-refractivity contribution in [3.63, 3.8) is 0 Å². The molecular formula is C25H30N2O4. The number of nitrogens with zero attached hydrogens (tertiary/aromatic N) is 1. The van der Waals surface area contributed by atoms with E-state index >= 15 is 0 Å². The van der Waals surface area contributed by atoms with Crippen LogP contribution < -0.4 is 10.1 Å². The van der Waals surface area contributed by atoms with Crippen LogP contribution in [0.2, 0.25) is 0 Å². The molecule has 0 aromatic heterocycles. The number of carboxylic acid groups (broad SMARTS) is 1. The number of likely N-dealkylation sites (tertiary alicyclic amines) is 1. The SMILES string of the molecule is COc1ccc([C@]2(C(=O)O)C[C@H]2CN2CCC(NC(C)=O)(c3ccccc3)CC2)cc1. The van der Waals surface area contributed by atoms with Gasteiger partial charge in [-0.3, -0.25) is 9.59 Å². The zero-order valence-corrected chi connectivity index (χ0v) is 18.1. The van der Waals surface area contributed by atoms with E-state index < -0.39 is 11.4 Å². The first kappa shape index (κ1) is 21.4. The Bertz CT molecular complexity index is 936. The number of amides is 1. The molecule has 0 radical (unpaired) electrons. The van der Waals surface area contributed by atoms with Crippen LogP contribution in [-0.4, -0.2) is 48.6 Å². The first-order chi connectivity index (χ1) is 14.9. The van der Waals surface area contributed by atoms with Gasteiger partial charge in [-0.1, -0.05) is 42.5 Å². The number of rotatable bonds is 7. The van der Waals surface area contributed by atoms with Crippen LogP contribution in [0.5, 0.6) is 5.75 Å². The Morgan fingerprint density at radius 2 is 1.71 bits per heavy atom. The molecule has 6 nitrogen and oxygen atoms in total. The molecule has 1 amide bonds. The van der Waals surface area contributed by atoms with Crippen molar-refractivity contribution in [2.45, 2.75) is 37.1 Å². The lowest BCUT2D eigenvalue weighted by molar-refractivity contribution is -0.140. The summed E-state index contributed by atoms with van der Waals surface area (Å²) in [5, 5.41) is 13.2. The highest BCUT2D eigenvalue weighted by Gasteiger charge is 2.61. The molecular weight excluding hydrogens is 392 g/mol. The second-order valence-corrected chi connectivity index (χ2v) is 8.84. The summed E-state index contributed by atoms with van der Waals surface area (Å²) in [6.07, 6.45) is 2.28. The van der Waals surface area contributed by atoms with E-state index in [0.29, 0.717) is 6.42 Å². The maximum atomic E-state index is 12.2. The second-order valence-electron chi connectivity index (χ2n) is 8.84. The fraction of sp³-hybridized carbons (Fsp3) is 0.440. The summed E-state index contributed by atoms with van der Waals surface area (Å²) >= 11 is 0. The number of aliphatic carboxylic acids is 1. The van der Waals surface area contributed by atoms with Gasteiger partial charge in [0.05, 0.1) is 18.1 Å². The molecule has 0 spiro atoms. The van der Waals surface area contributed by atoms with Gasteiger partial charge in [0.2, 0.25) is 5.91 Å². The number of benzene rings is 2. The predicted molar refractivity (Wildman–Crippen MR) is 118 cm³/mol. The molecule has 2 atom stereocenters. The largest absolute Gasteiger partial charge is 0.497 e. The van der Waals surface area contributed by atoms with Crippen LogP contribution in [-0.2, 0) is 20.5 Å². The molecule has 1 aliphatic heterocycles. The summed E-state index contributed by atoms with van der Waals surface area (Å²) in [6.45, 7) is 3.97. The van der Waals surface area contributed by atoms with Crippen molar-refractivity contribution >= 4 is 11.9 Å². The van der Waals surface area contributed by atoms with Crippen LogP contribution in [0.4, 0.5) is 0 Å². The summed E-state index contributed by atoms with van der Waals surface area (Å²) in [7, 11) is 1.61. The number of carbonyl (C=O) groups is 2. The van der Waals surface area contributed by atoms with Crippen molar-refractivity contribution in [3.05, 3.63) is 65.7 Å². The van der Waals surface area contributed by atoms with Crippen molar-refractivity contribution in [2.24, 2.45) is 5.92 Å². The topological polar surface area (TPSA) is 78.9 Å². The van der Waals surface area contributed by atoms with E-state index in [1.54, 1.807) is 14.0 Å². The highest BCUT2D eigenvalue weighted by Crippen LogP contribution is 2.55. The first-order valence-electron chi connectivity index (χ1n) is 10.8. The number of piperidine rings is 1. The highest BCUT2D eigenvalue weighted by atomic mass is 16.5. The van der Waals surface area contributed by atoms with Crippen LogP contribution in [0, 0.1) is 5.92 Å². The second kappa shape index (κ2) is 8.35. The summed E-state index contributed by atoms with van der Waals surface area (Å²) in [6, 6.07) is 17.6. The third-order valence-electron chi connectivity index (χ3n) is 7.02. The normalized spacial score (nSPS) is 24.9. The zero-order chi connectivity index (χ0) is 22.1. The standard InChI is InChI=1S/C25H30N2O4/c1-18(28)26-24(19-6-4-3-5-7-19)12-14-27(15-13-24)17-21-16-25(21,23(29)30)20-8-10-22(31-2)11-9-20/h3-11,21H,12-17H2,1-2H3,(H,26,28)(H,29,30)/t21-,25+/m0/s1. The van der Waals surface area contributed by atoms with Gasteiger partial charge < -0.3 is 20.1 Å². The van der Waals surface area contributed by atoms with Crippen LogP contribution in [0.15, 0.2) is 54.6 Å². The Morgan fingerprint density at radius 3 is 2.26 bits per heavy atom. The Kier molecular flexibility index (Phi) is 5.75. The first-order valence-corrected chi connectivity index (χ1v) is 10.8. The minimum Gasteiger partial charge on any atom is -0.497 e. The van der Waals surface area contributed by atoms with Crippen molar-refractivity contribution in [1.29, 1.82) is 0 Å². The van der Waals surface area contributed by atoms with Gasteiger partial charge in [-0.05, 0) is 48.4 Å². The molecule has 2 fully saturated rings. The Morgan fingerprint density at radius 1 is 1.06 bits per heavy atom. The maximum Gasteiger partial charge on any atom is 0.314 e. The van der Waals surface area contributed by atoms with Crippen molar-refractivity contribution < 1.29 is 19.4 Å². The van der Waals surface area contributed by atoms with E-state index in [4.69, 9.17) is 4.74 Å². The molecule has 1 heterocycles. The number of carbonyl (C=O) groups excluding carboxylic acids is 1. The van der Waals surface area contributed by atoms with Gasteiger partial charge in [0, 0.05) is 26.6 Å². The lowest BCUT2D eigenvalue weighted by Crippen LogP contribution is -2.53. The van der Waals surface area contributed by atoms with E-state index in [1.807, 2.05) is 42.5 Å². The van der Waals surface area contributed by atoms with Gasteiger partial charge in [-0.15, -0.1) is 0 Å². The molecule has 31 heavy (non-hydrogen) atoms. The number of methoxy groups -OCH3 is 1. The fourth-order valence-corrected chi connectivity index (χ4v) is 5.19. The Balaban J connectivity index is 1.44. The Hall–Kier alpha value is -2.86. The van der Waals surface area contributed by atoms with E-state index in [2.05, 4.69) is 22.3 Å². The number of hydrogen-bond acceptors (Lipinski definition) is 4. The molecule has 1 aliphatic carbocycles. The van der Waals surface area contributed by atoms with Gasteiger partial charge in [-0.2, -0.15) is 0 Å². The zero-order valence-electron chi connectivity index (χ0n) is 18.1. The van der Waals surface area contributed by atoms with Gasteiger partial charge in [0.25, 0.3) is 0 Å². The quantitative estimate of drug-likeness (QED) is 0.717. The predicted octanol–water partition coefficient (Wildman–Crippen LogP) is 3.16. The van der Waals surface area contributed by atoms with Crippen LogP contribution in [0.1, 0.15) is 37.3 Å². The summed E-state index contributed by atoms with van der Waals surface area (Å²) in [5.74, 6) is 0.0385. The van der Waals surface area contributed by atoms with Crippen molar-refractivity contribution in [1.82, 2.24) is 10.2 Å². The van der Waals surface area contributed by atoms with Gasteiger partial charge in [0.1, 0.15) is 5.75 Å². The highest BCUT2D eigenvalue weighted by molar-refractivity contribution is 5.86. The summed E-state index contributed by atoms with van der Waals surface area (Å²) in [4.78, 5) is 26.5. The average Bonchev–Trinajstić information content (AvgIpc) is 3.51. The minimum absolute atomic E-state index is 0.0242. The molecule has 6 heteroatoms. The van der Waals surface area contributed by atoms with Crippen LogP contribution >= 0.6 is 0 Å². The number of hydrogen-bond donors (Lipinski definition) is 2. The fourth-order valence-electron chi connectivity index (χ4n) is 5.19. The molecule has 1 saturated heterocycles. The lowest BCUT2D eigenvalue weighted by Gasteiger charge is -2.43. The molecule has 2 N–H and O–H groups in total. The number of nitrogens with one attached hydrogen (secondary N) is 1. The molecule has 2 aliphatic rings. The van der Waals surface area contributed by atoms with Gasteiger partial charge in [-0.25, -0.2) is 0 Å². The monoisotopic (exact) mass is 422 g/mol. The van der Waals surface area contributed by atoms with Gasteiger partial charge in [0.15, 0.2) is 0 Å².